The Hall–Kier alpha value is -2.28. The third-order valence-electron chi connectivity index (χ3n) is 4.63. The molecule has 3 rings (SSSR count). The highest BCUT2D eigenvalue weighted by molar-refractivity contribution is 5.73. The lowest BCUT2D eigenvalue weighted by Gasteiger charge is -2.32. The van der Waals surface area contributed by atoms with Crippen LogP contribution in [0.2, 0.25) is 0 Å². The molecule has 7 heteroatoms. The summed E-state index contributed by atoms with van der Waals surface area (Å²) in [5, 5.41) is 13.2. The molecule has 1 fully saturated rings. The zero-order chi connectivity index (χ0) is 17.8. The lowest BCUT2D eigenvalue weighted by Crippen LogP contribution is -2.45. The number of piperidine rings is 1. The highest BCUT2D eigenvalue weighted by Crippen LogP contribution is 2.20. The molecule has 6 nitrogen and oxygen atoms in total. The lowest BCUT2D eigenvalue weighted by atomic mass is 10.0. The smallest absolute Gasteiger partial charge is 0.320 e. The van der Waals surface area contributed by atoms with Gasteiger partial charge in [0.2, 0.25) is 11.7 Å². The maximum Gasteiger partial charge on any atom is 0.320 e. The van der Waals surface area contributed by atoms with Crippen LogP contribution in [0.4, 0.5) is 4.39 Å². The minimum Gasteiger partial charge on any atom is -0.480 e. The first-order valence-corrected chi connectivity index (χ1v) is 8.60. The van der Waals surface area contributed by atoms with Crippen molar-refractivity contribution in [2.24, 2.45) is 0 Å². The number of rotatable bonds is 6. The van der Waals surface area contributed by atoms with E-state index in [4.69, 9.17) is 4.52 Å². The highest BCUT2D eigenvalue weighted by atomic mass is 19.1. The molecular weight excluding hydrogens is 325 g/mol. The number of hydrogen-bond acceptors (Lipinski definition) is 5. The van der Waals surface area contributed by atoms with Crippen molar-refractivity contribution in [3.05, 3.63) is 35.5 Å². The molecule has 1 aliphatic rings. The topological polar surface area (TPSA) is 79.5 Å². The van der Waals surface area contributed by atoms with Crippen LogP contribution < -0.4 is 0 Å². The van der Waals surface area contributed by atoms with Crippen LogP contribution >= 0.6 is 0 Å². The molecule has 0 aliphatic carbocycles. The Morgan fingerprint density at radius 1 is 1.44 bits per heavy atom. The van der Waals surface area contributed by atoms with Crippen LogP contribution in [0.15, 0.2) is 22.7 Å². The quantitative estimate of drug-likeness (QED) is 0.865. The second-order valence-corrected chi connectivity index (χ2v) is 6.47. The fraction of sp³-hybridized carbons (Fsp3) is 0.500. The number of aliphatic carboxylic acids is 1. The summed E-state index contributed by atoms with van der Waals surface area (Å²) >= 11 is 0. The van der Waals surface area contributed by atoms with E-state index in [-0.39, 0.29) is 11.9 Å². The zero-order valence-corrected chi connectivity index (χ0v) is 14.2. The zero-order valence-electron chi connectivity index (χ0n) is 14.2. The van der Waals surface area contributed by atoms with Crippen molar-refractivity contribution in [1.29, 1.82) is 0 Å². The molecule has 1 aliphatic heterocycles. The Balaban J connectivity index is 1.56. The minimum atomic E-state index is -0.749. The number of likely N-dealkylation sites (tertiary alicyclic amines) is 1. The first-order chi connectivity index (χ1) is 12.0. The average molecular weight is 347 g/mol. The molecule has 1 unspecified atom stereocenters. The SMILES string of the molecule is Cc1ccc(-c2noc(CCCN3CCCCC3C(=O)O)n2)cc1F. The minimum absolute atomic E-state index is 0.298. The van der Waals surface area contributed by atoms with Crippen molar-refractivity contribution < 1.29 is 18.8 Å². The highest BCUT2D eigenvalue weighted by Gasteiger charge is 2.27. The van der Waals surface area contributed by atoms with Gasteiger partial charge in [0.15, 0.2) is 0 Å². The van der Waals surface area contributed by atoms with Gasteiger partial charge in [0.25, 0.3) is 0 Å². The molecule has 0 saturated carbocycles. The standard InChI is InChI=1S/C18H22FN3O3/c1-12-7-8-13(11-14(12)19)17-20-16(25-21-17)6-4-10-22-9-3-2-5-15(22)18(23)24/h7-8,11,15H,2-6,9-10H2,1H3,(H,23,24). The summed E-state index contributed by atoms with van der Waals surface area (Å²) in [5.74, 6) is -0.190. The van der Waals surface area contributed by atoms with E-state index in [1.807, 2.05) is 4.90 Å². The molecule has 134 valence electrons. The number of hydrogen-bond donors (Lipinski definition) is 1. The molecule has 2 heterocycles. The monoisotopic (exact) mass is 347 g/mol. The molecular formula is C18H22FN3O3. The normalized spacial score (nSPS) is 18.4. The van der Waals surface area contributed by atoms with Crippen molar-refractivity contribution in [3.8, 4) is 11.4 Å². The maximum atomic E-state index is 13.6. The Kier molecular flexibility index (Phi) is 5.43. The third kappa shape index (κ3) is 4.22. The Morgan fingerprint density at radius 2 is 2.28 bits per heavy atom. The molecule has 1 atom stereocenters. The van der Waals surface area contributed by atoms with Crippen LogP contribution in [-0.2, 0) is 11.2 Å². The Morgan fingerprint density at radius 3 is 3.04 bits per heavy atom. The molecule has 1 aromatic carbocycles. The van der Waals surface area contributed by atoms with E-state index < -0.39 is 5.97 Å². The first kappa shape index (κ1) is 17.5. The van der Waals surface area contributed by atoms with Gasteiger partial charge in [0, 0.05) is 12.0 Å². The third-order valence-corrected chi connectivity index (χ3v) is 4.63. The van der Waals surface area contributed by atoms with Crippen LogP contribution in [0.25, 0.3) is 11.4 Å². The van der Waals surface area contributed by atoms with E-state index in [2.05, 4.69) is 10.1 Å². The second-order valence-electron chi connectivity index (χ2n) is 6.47. The summed E-state index contributed by atoms with van der Waals surface area (Å²) in [6, 6.07) is 4.46. The largest absolute Gasteiger partial charge is 0.480 e. The summed E-state index contributed by atoms with van der Waals surface area (Å²) in [4.78, 5) is 17.6. The average Bonchev–Trinajstić information content (AvgIpc) is 3.06. The summed E-state index contributed by atoms with van der Waals surface area (Å²) < 4.78 is 18.9. The molecule has 2 aromatic rings. The summed E-state index contributed by atoms with van der Waals surface area (Å²) in [6.07, 6.45) is 4.03. The fourth-order valence-corrected chi connectivity index (χ4v) is 3.18. The van der Waals surface area contributed by atoms with Crippen molar-refractivity contribution in [3.63, 3.8) is 0 Å². The summed E-state index contributed by atoms with van der Waals surface area (Å²) in [6.45, 7) is 3.20. The molecule has 25 heavy (non-hydrogen) atoms. The van der Waals surface area contributed by atoms with Gasteiger partial charge in [0.1, 0.15) is 11.9 Å². The van der Waals surface area contributed by atoms with Crippen molar-refractivity contribution in [1.82, 2.24) is 15.0 Å². The number of aryl methyl sites for hydroxylation is 2. The van der Waals surface area contributed by atoms with Gasteiger partial charge < -0.3 is 9.63 Å². The molecule has 0 spiro atoms. The maximum absolute atomic E-state index is 13.6. The summed E-state index contributed by atoms with van der Waals surface area (Å²) in [7, 11) is 0. The predicted octanol–water partition coefficient (Wildman–Crippen LogP) is 3.06. The molecule has 0 radical (unpaired) electrons. The van der Waals surface area contributed by atoms with Crippen molar-refractivity contribution in [2.45, 2.75) is 45.1 Å². The van der Waals surface area contributed by atoms with E-state index in [0.29, 0.717) is 42.2 Å². The number of carbonyl (C=O) groups is 1. The van der Waals surface area contributed by atoms with Crippen LogP contribution in [0.3, 0.4) is 0 Å². The molecule has 0 amide bonds. The fourth-order valence-electron chi connectivity index (χ4n) is 3.18. The van der Waals surface area contributed by atoms with E-state index in [1.54, 1.807) is 19.1 Å². The van der Waals surface area contributed by atoms with Gasteiger partial charge in [-0.25, -0.2) is 4.39 Å². The van der Waals surface area contributed by atoms with E-state index in [9.17, 15) is 14.3 Å². The number of nitrogens with zero attached hydrogens (tertiary/aromatic N) is 3. The van der Waals surface area contributed by atoms with Crippen LogP contribution in [0, 0.1) is 12.7 Å². The van der Waals surface area contributed by atoms with E-state index >= 15 is 0 Å². The van der Waals surface area contributed by atoms with Gasteiger partial charge in [-0.2, -0.15) is 4.98 Å². The molecule has 1 N–H and O–H groups in total. The van der Waals surface area contributed by atoms with E-state index in [0.717, 1.165) is 25.8 Å². The van der Waals surface area contributed by atoms with Crippen molar-refractivity contribution >= 4 is 5.97 Å². The number of halogens is 1. The second kappa shape index (κ2) is 7.74. The number of benzene rings is 1. The first-order valence-electron chi connectivity index (χ1n) is 8.60. The number of carboxylic acids is 1. The molecule has 1 aromatic heterocycles. The van der Waals surface area contributed by atoms with Crippen molar-refractivity contribution in [2.75, 3.05) is 13.1 Å². The number of aromatic nitrogens is 2. The predicted molar refractivity (Wildman–Crippen MR) is 89.6 cm³/mol. The molecule has 0 bridgehead atoms. The molecule has 1 saturated heterocycles. The van der Waals surface area contributed by atoms with Gasteiger partial charge in [-0.05, 0) is 50.9 Å². The van der Waals surface area contributed by atoms with E-state index in [1.165, 1.54) is 6.07 Å². The number of carboxylic acid groups (broad SMARTS) is 1. The van der Waals surface area contributed by atoms with Gasteiger partial charge in [-0.3, -0.25) is 9.69 Å². The van der Waals surface area contributed by atoms with Crippen LogP contribution in [0.1, 0.15) is 37.1 Å². The van der Waals surface area contributed by atoms with Gasteiger partial charge in [-0.15, -0.1) is 0 Å². The Bertz CT molecular complexity index is 747. The van der Waals surface area contributed by atoms with Gasteiger partial charge >= 0.3 is 5.97 Å². The Labute approximate surface area is 145 Å². The lowest BCUT2D eigenvalue weighted by molar-refractivity contribution is -0.144. The van der Waals surface area contributed by atoms with Crippen LogP contribution in [0.5, 0.6) is 0 Å². The van der Waals surface area contributed by atoms with Gasteiger partial charge in [-0.1, -0.05) is 23.7 Å². The van der Waals surface area contributed by atoms with Crippen LogP contribution in [-0.4, -0.2) is 45.2 Å². The summed E-state index contributed by atoms with van der Waals surface area (Å²) in [5.41, 5.74) is 1.15. The van der Waals surface area contributed by atoms with Gasteiger partial charge in [0.05, 0.1) is 0 Å².